The van der Waals surface area contributed by atoms with Crippen LogP contribution in [0.3, 0.4) is 0 Å². The second kappa shape index (κ2) is 45.0. The van der Waals surface area contributed by atoms with Crippen molar-refractivity contribution >= 4 is 13.7 Å². The fraction of sp³-hybridized carbons (Fsp3) is 0.898. The Morgan fingerprint density at radius 1 is 0.576 bits per heavy atom. The van der Waals surface area contributed by atoms with E-state index in [9.17, 15) is 24.5 Å². The number of nitrogens with one attached hydrogen (secondary N) is 1. The summed E-state index contributed by atoms with van der Waals surface area (Å²) in [6, 6.07) is -0.983. The monoisotopic (exact) mass is 857 g/mol. The largest absolute Gasteiger partial charge is 0.472 e. The molecule has 0 radical (unpaired) electrons. The molecule has 59 heavy (non-hydrogen) atoms. The minimum atomic E-state index is -4.40. The molecule has 350 valence electrons. The zero-order chi connectivity index (χ0) is 43.3. The van der Waals surface area contributed by atoms with Crippen LogP contribution < -0.4 is 11.1 Å². The van der Waals surface area contributed by atoms with Gasteiger partial charge in [0, 0.05) is 6.54 Å². The molecule has 4 atom stereocenters. The molecule has 0 aliphatic carbocycles. The van der Waals surface area contributed by atoms with Crippen LogP contribution in [-0.2, 0) is 18.4 Å². The van der Waals surface area contributed by atoms with Gasteiger partial charge in [0.15, 0.2) is 0 Å². The molecular formula is C49H97N2O7P. The highest BCUT2D eigenvalue weighted by Crippen LogP contribution is 2.43. The lowest BCUT2D eigenvalue weighted by Crippen LogP contribution is -2.46. The highest BCUT2D eigenvalue weighted by Gasteiger charge is 2.27. The maximum atomic E-state index is 12.9. The molecule has 0 aliphatic rings. The van der Waals surface area contributed by atoms with Crippen molar-refractivity contribution in [2.45, 2.75) is 263 Å². The lowest BCUT2D eigenvalue weighted by Gasteiger charge is -2.24. The first-order valence-corrected chi connectivity index (χ1v) is 26.5. The van der Waals surface area contributed by atoms with Gasteiger partial charge in [-0.3, -0.25) is 13.8 Å². The summed E-state index contributed by atoms with van der Waals surface area (Å²) in [5, 5.41) is 24.1. The normalized spacial score (nSPS) is 14.6. The smallest absolute Gasteiger partial charge is 0.393 e. The van der Waals surface area contributed by atoms with E-state index in [1.165, 1.54) is 167 Å². The van der Waals surface area contributed by atoms with Crippen molar-refractivity contribution in [1.82, 2.24) is 5.32 Å². The maximum absolute atomic E-state index is 12.9. The van der Waals surface area contributed by atoms with Crippen LogP contribution in [0.15, 0.2) is 24.3 Å². The van der Waals surface area contributed by atoms with Crippen LogP contribution in [0.25, 0.3) is 0 Å². The van der Waals surface area contributed by atoms with Gasteiger partial charge < -0.3 is 26.2 Å². The third-order valence-electron chi connectivity index (χ3n) is 11.3. The lowest BCUT2D eigenvalue weighted by atomic mass is 10.0. The van der Waals surface area contributed by atoms with Gasteiger partial charge in [0.25, 0.3) is 0 Å². The quantitative estimate of drug-likeness (QED) is 0.0230. The Hall–Kier alpha value is -1.06. The highest BCUT2D eigenvalue weighted by molar-refractivity contribution is 7.47. The molecule has 0 rings (SSSR count). The van der Waals surface area contributed by atoms with Crippen molar-refractivity contribution in [3.8, 4) is 0 Å². The van der Waals surface area contributed by atoms with Gasteiger partial charge in [0.1, 0.15) is 0 Å². The summed E-state index contributed by atoms with van der Waals surface area (Å²) in [4.78, 5) is 22.8. The van der Waals surface area contributed by atoms with E-state index in [-0.39, 0.29) is 19.6 Å². The molecule has 9 nitrogen and oxygen atoms in total. The summed E-state index contributed by atoms with van der Waals surface area (Å²) < 4.78 is 22.1. The van der Waals surface area contributed by atoms with Crippen molar-refractivity contribution in [3.63, 3.8) is 0 Å². The standard InChI is InChI=1S/C49H97N2O7P/c1-3-5-7-9-11-13-15-17-19-21-22-23-24-25-26-28-30-32-34-36-38-40-46(52)44-49(54)51-47(45-58-59(55,56)57-43-42-50)48(53)41-39-37-35-33-31-29-27-20-18-16-14-12-10-8-6-4-2/h25-26,39,41,46-48,52-53H,3-24,27-38,40,42-45,50H2,1-2H3,(H,51,54)(H,55,56)/b26-25-,41-39+. The summed E-state index contributed by atoms with van der Waals surface area (Å²) in [5.74, 6) is -0.448. The van der Waals surface area contributed by atoms with Gasteiger partial charge in [-0.1, -0.05) is 218 Å². The zero-order valence-corrected chi connectivity index (χ0v) is 39.5. The fourth-order valence-corrected chi connectivity index (χ4v) is 8.28. The van der Waals surface area contributed by atoms with Crippen molar-refractivity contribution < 1.29 is 33.5 Å². The van der Waals surface area contributed by atoms with Crippen LogP contribution in [0.5, 0.6) is 0 Å². The van der Waals surface area contributed by atoms with Gasteiger partial charge in [0.05, 0.1) is 37.9 Å². The van der Waals surface area contributed by atoms with Gasteiger partial charge in [-0.15, -0.1) is 0 Å². The number of unbranched alkanes of at least 4 members (excludes halogenated alkanes) is 31. The van der Waals surface area contributed by atoms with Crippen LogP contribution in [0.4, 0.5) is 0 Å². The van der Waals surface area contributed by atoms with E-state index < -0.39 is 38.6 Å². The van der Waals surface area contributed by atoms with Crippen molar-refractivity contribution in [2.75, 3.05) is 19.8 Å². The number of carbonyl (C=O) groups excluding carboxylic acids is 1. The minimum absolute atomic E-state index is 0.0491. The average Bonchev–Trinajstić information content (AvgIpc) is 3.21. The average molecular weight is 857 g/mol. The Labute approximate surface area is 364 Å². The second-order valence-corrected chi connectivity index (χ2v) is 18.7. The van der Waals surface area contributed by atoms with E-state index >= 15 is 0 Å². The number of phosphoric ester groups is 1. The molecule has 0 aromatic carbocycles. The number of hydrogen-bond acceptors (Lipinski definition) is 7. The lowest BCUT2D eigenvalue weighted by molar-refractivity contribution is -0.124. The molecular weight excluding hydrogens is 760 g/mol. The molecule has 0 saturated heterocycles. The number of amides is 1. The molecule has 0 aromatic heterocycles. The Bertz CT molecular complexity index is 997. The van der Waals surface area contributed by atoms with Crippen LogP contribution >= 0.6 is 7.82 Å². The molecule has 0 aromatic rings. The number of carbonyl (C=O) groups is 1. The van der Waals surface area contributed by atoms with Crippen LogP contribution in [0.1, 0.15) is 245 Å². The van der Waals surface area contributed by atoms with Gasteiger partial charge in [-0.25, -0.2) is 4.57 Å². The molecule has 1 amide bonds. The summed E-state index contributed by atoms with van der Waals surface area (Å²) in [5.41, 5.74) is 5.38. The molecule has 0 aliphatic heterocycles. The number of nitrogens with two attached hydrogens (primary N) is 1. The fourth-order valence-electron chi connectivity index (χ4n) is 7.53. The van der Waals surface area contributed by atoms with Crippen molar-refractivity contribution in [1.29, 1.82) is 0 Å². The number of hydrogen-bond donors (Lipinski definition) is 5. The maximum Gasteiger partial charge on any atom is 0.472 e. The van der Waals surface area contributed by atoms with Crippen molar-refractivity contribution in [2.24, 2.45) is 5.73 Å². The van der Waals surface area contributed by atoms with Gasteiger partial charge >= 0.3 is 7.82 Å². The number of allylic oxidation sites excluding steroid dienone is 3. The molecule has 4 unspecified atom stereocenters. The van der Waals surface area contributed by atoms with Crippen LogP contribution in [0.2, 0.25) is 0 Å². The molecule has 0 bridgehead atoms. The number of phosphoric acid groups is 1. The van der Waals surface area contributed by atoms with Gasteiger partial charge in [-0.05, 0) is 44.9 Å². The van der Waals surface area contributed by atoms with Gasteiger partial charge in [0.2, 0.25) is 5.91 Å². The molecule has 6 N–H and O–H groups in total. The van der Waals surface area contributed by atoms with Crippen molar-refractivity contribution in [3.05, 3.63) is 24.3 Å². The Balaban J connectivity index is 4.20. The molecule has 0 spiro atoms. The Morgan fingerprint density at radius 2 is 0.949 bits per heavy atom. The third-order valence-corrected chi connectivity index (χ3v) is 12.3. The van der Waals surface area contributed by atoms with Crippen LogP contribution in [-0.4, -0.2) is 59.0 Å². The predicted molar refractivity (Wildman–Crippen MR) is 251 cm³/mol. The first-order chi connectivity index (χ1) is 28.8. The topological polar surface area (TPSA) is 151 Å². The van der Waals surface area contributed by atoms with Gasteiger partial charge in [-0.2, -0.15) is 0 Å². The van der Waals surface area contributed by atoms with Crippen LogP contribution in [0, 0.1) is 0 Å². The molecule has 0 fully saturated rings. The second-order valence-electron chi connectivity index (χ2n) is 17.2. The Kier molecular flexibility index (Phi) is 44.2. The van der Waals surface area contributed by atoms with E-state index in [0.29, 0.717) is 6.42 Å². The SMILES string of the molecule is CCCCCCCCCCCCCC/C=C\CCCCCCCC(O)CC(=O)NC(COP(=O)(O)OCCN)C(O)/C=C/CCCCCCCCCCCCCCCC. The minimum Gasteiger partial charge on any atom is -0.393 e. The summed E-state index contributed by atoms with van der Waals surface area (Å²) in [6.07, 6.45) is 49.8. The molecule has 0 saturated carbocycles. The molecule has 0 heterocycles. The zero-order valence-electron chi connectivity index (χ0n) is 38.6. The van der Waals surface area contributed by atoms with E-state index in [4.69, 9.17) is 14.8 Å². The number of rotatable bonds is 47. The van der Waals surface area contributed by atoms with E-state index in [0.717, 1.165) is 51.4 Å². The van der Waals surface area contributed by atoms with E-state index in [2.05, 4.69) is 31.3 Å². The third kappa shape index (κ3) is 43.4. The highest BCUT2D eigenvalue weighted by atomic mass is 31.2. The molecule has 10 heteroatoms. The summed E-state index contributed by atoms with van der Waals surface area (Å²) in [6.45, 7) is 4.00. The number of aliphatic hydroxyl groups excluding tert-OH is 2. The first-order valence-electron chi connectivity index (χ1n) is 25.0. The van der Waals surface area contributed by atoms with E-state index in [1.807, 2.05) is 6.08 Å². The predicted octanol–water partition coefficient (Wildman–Crippen LogP) is 13.5. The number of aliphatic hydroxyl groups is 2. The summed E-state index contributed by atoms with van der Waals surface area (Å²) in [7, 11) is -4.40. The van der Waals surface area contributed by atoms with E-state index in [1.54, 1.807) is 6.08 Å². The Morgan fingerprint density at radius 3 is 1.36 bits per heavy atom. The first kappa shape index (κ1) is 57.9. The summed E-state index contributed by atoms with van der Waals surface area (Å²) >= 11 is 0.